The van der Waals surface area contributed by atoms with Gasteiger partial charge in [0.2, 0.25) is 0 Å². The Morgan fingerprint density at radius 3 is 2.35 bits per heavy atom. The maximum atomic E-state index is 12.2. The molecule has 0 fully saturated rings. The molecular weight excluding hydrogens is 241 g/mol. The standard InChI is InChI=1S/C10H15F3O4/c1-7(8(14)16-3)6-17-5-4-9(2,15)10(11,12)13/h15H,1,4-6H2,2-3H3. The molecule has 1 atom stereocenters. The average Bonchev–Trinajstić information content (AvgIpc) is 2.21. The number of esters is 1. The molecule has 0 aliphatic carbocycles. The lowest BCUT2D eigenvalue weighted by Gasteiger charge is -2.25. The topological polar surface area (TPSA) is 55.8 Å². The van der Waals surface area contributed by atoms with Crippen LogP contribution in [0, 0.1) is 0 Å². The first kappa shape index (κ1) is 15.9. The van der Waals surface area contributed by atoms with Crippen molar-refractivity contribution in [2.45, 2.75) is 25.1 Å². The molecule has 0 heterocycles. The van der Waals surface area contributed by atoms with Crippen LogP contribution in [0.15, 0.2) is 12.2 Å². The normalized spacial score (nSPS) is 15.2. The summed E-state index contributed by atoms with van der Waals surface area (Å²) in [4.78, 5) is 10.8. The van der Waals surface area contributed by atoms with E-state index in [0.717, 1.165) is 7.11 Å². The van der Waals surface area contributed by atoms with Crippen molar-refractivity contribution in [2.75, 3.05) is 20.3 Å². The van der Waals surface area contributed by atoms with Crippen LogP contribution in [-0.4, -0.2) is 43.2 Å². The molecule has 0 rings (SSSR count). The maximum absolute atomic E-state index is 12.2. The fourth-order valence-electron chi connectivity index (χ4n) is 0.811. The average molecular weight is 256 g/mol. The minimum absolute atomic E-state index is 0.000786. The number of hydrogen-bond acceptors (Lipinski definition) is 4. The van der Waals surface area contributed by atoms with E-state index in [1.807, 2.05) is 0 Å². The number of halogens is 3. The number of rotatable bonds is 6. The molecule has 0 bridgehead atoms. The van der Waals surface area contributed by atoms with Gasteiger partial charge in [-0.25, -0.2) is 4.79 Å². The molecule has 0 aromatic heterocycles. The SMILES string of the molecule is C=C(COCCC(C)(O)C(F)(F)F)C(=O)OC. The van der Waals surface area contributed by atoms with E-state index in [9.17, 15) is 18.0 Å². The highest BCUT2D eigenvalue weighted by Gasteiger charge is 2.49. The molecule has 0 radical (unpaired) electrons. The van der Waals surface area contributed by atoms with Gasteiger partial charge in [-0.1, -0.05) is 6.58 Å². The summed E-state index contributed by atoms with van der Waals surface area (Å²) in [5, 5.41) is 9.05. The molecular formula is C10H15F3O4. The summed E-state index contributed by atoms with van der Waals surface area (Å²) in [5.41, 5.74) is -2.81. The van der Waals surface area contributed by atoms with Gasteiger partial charge in [-0.15, -0.1) is 0 Å². The van der Waals surface area contributed by atoms with Gasteiger partial charge in [0.1, 0.15) is 0 Å². The van der Waals surface area contributed by atoms with E-state index >= 15 is 0 Å². The number of ether oxygens (including phenoxy) is 2. The fraction of sp³-hybridized carbons (Fsp3) is 0.700. The van der Waals surface area contributed by atoms with E-state index in [1.54, 1.807) is 0 Å². The highest BCUT2D eigenvalue weighted by Crippen LogP contribution is 2.32. The van der Waals surface area contributed by atoms with E-state index in [-0.39, 0.29) is 18.8 Å². The minimum atomic E-state index is -4.71. The van der Waals surface area contributed by atoms with E-state index in [0.29, 0.717) is 6.92 Å². The fourth-order valence-corrected chi connectivity index (χ4v) is 0.811. The van der Waals surface area contributed by atoms with Crippen molar-refractivity contribution >= 4 is 5.97 Å². The zero-order valence-corrected chi connectivity index (χ0v) is 9.63. The summed E-state index contributed by atoms with van der Waals surface area (Å²) in [6, 6.07) is 0. The lowest BCUT2D eigenvalue weighted by Crippen LogP contribution is -2.43. The third kappa shape index (κ3) is 5.18. The van der Waals surface area contributed by atoms with Crippen LogP contribution in [-0.2, 0) is 14.3 Å². The second-order valence-corrected chi connectivity index (χ2v) is 3.67. The second kappa shape index (κ2) is 6.02. The molecule has 0 amide bonds. The Morgan fingerprint density at radius 1 is 1.41 bits per heavy atom. The van der Waals surface area contributed by atoms with Crippen LogP contribution in [0.1, 0.15) is 13.3 Å². The van der Waals surface area contributed by atoms with E-state index in [1.165, 1.54) is 0 Å². The molecule has 0 aliphatic rings. The van der Waals surface area contributed by atoms with E-state index in [4.69, 9.17) is 9.84 Å². The summed E-state index contributed by atoms with van der Waals surface area (Å²) in [7, 11) is 1.15. The summed E-state index contributed by atoms with van der Waals surface area (Å²) in [6.45, 7) is 3.40. The van der Waals surface area contributed by atoms with Crippen molar-refractivity contribution in [1.82, 2.24) is 0 Å². The summed E-state index contributed by atoms with van der Waals surface area (Å²) < 4.78 is 45.7. The van der Waals surface area contributed by atoms with Crippen molar-refractivity contribution in [2.24, 2.45) is 0 Å². The Bertz CT molecular complexity index is 284. The largest absolute Gasteiger partial charge is 0.466 e. The Labute approximate surface area is 97.0 Å². The Hall–Kier alpha value is -1.08. The van der Waals surface area contributed by atoms with Crippen LogP contribution in [0.3, 0.4) is 0 Å². The zero-order valence-electron chi connectivity index (χ0n) is 9.63. The Balaban J connectivity index is 3.94. The number of carbonyl (C=O) groups is 1. The first-order valence-electron chi connectivity index (χ1n) is 4.75. The number of aliphatic hydroxyl groups is 1. The van der Waals surface area contributed by atoms with Gasteiger partial charge in [0.05, 0.1) is 25.9 Å². The number of alkyl halides is 3. The van der Waals surface area contributed by atoms with Gasteiger partial charge in [-0.3, -0.25) is 0 Å². The first-order valence-corrected chi connectivity index (χ1v) is 4.75. The number of hydrogen-bond donors (Lipinski definition) is 1. The highest BCUT2D eigenvalue weighted by atomic mass is 19.4. The second-order valence-electron chi connectivity index (χ2n) is 3.67. The predicted octanol–water partition coefficient (Wildman–Crippen LogP) is 1.44. The van der Waals surface area contributed by atoms with Gasteiger partial charge < -0.3 is 14.6 Å². The van der Waals surface area contributed by atoms with Crippen LogP contribution in [0.2, 0.25) is 0 Å². The summed E-state index contributed by atoms with van der Waals surface area (Å²) in [6.07, 6.45) is -5.33. The molecule has 4 nitrogen and oxygen atoms in total. The molecule has 7 heteroatoms. The molecule has 100 valence electrons. The van der Waals surface area contributed by atoms with Gasteiger partial charge in [0.25, 0.3) is 0 Å². The van der Waals surface area contributed by atoms with Gasteiger partial charge in [-0.05, 0) is 6.92 Å². The molecule has 0 aromatic carbocycles. The molecule has 1 N–H and O–H groups in total. The highest BCUT2D eigenvalue weighted by molar-refractivity contribution is 5.87. The molecule has 0 aromatic rings. The van der Waals surface area contributed by atoms with Crippen molar-refractivity contribution in [1.29, 1.82) is 0 Å². The lowest BCUT2D eigenvalue weighted by atomic mass is 10.0. The zero-order chi connectivity index (χ0) is 13.7. The van der Waals surface area contributed by atoms with Gasteiger partial charge in [0, 0.05) is 6.42 Å². The van der Waals surface area contributed by atoms with E-state index in [2.05, 4.69) is 11.3 Å². The lowest BCUT2D eigenvalue weighted by molar-refractivity contribution is -0.257. The maximum Gasteiger partial charge on any atom is 0.416 e. The van der Waals surface area contributed by atoms with Crippen LogP contribution in [0.25, 0.3) is 0 Å². The third-order valence-corrected chi connectivity index (χ3v) is 2.09. The smallest absolute Gasteiger partial charge is 0.416 e. The van der Waals surface area contributed by atoms with Crippen molar-refractivity contribution < 1.29 is 32.5 Å². The summed E-state index contributed by atoms with van der Waals surface area (Å²) in [5.74, 6) is -0.687. The monoisotopic (exact) mass is 256 g/mol. The van der Waals surface area contributed by atoms with Crippen LogP contribution < -0.4 is 0 Å². The van der Waals surface area contributed by atoms with Crippen molar-refractivity contribution in [3.05, 3.63) is 12.2 Å². The quantitative estimate of drug-likeness (QED) is 0.444. The van der Waals surface area contributed by atoms with E-state index < -0.39 is 24.2 Å². The first-order chi connectivity index (χ1) is 7.62. The molecule has 0 saturated heterocycles. The van der Waals surface area contributed by atoms with Gasteiger partial charge in [-0.2, -0.15) is 13.2 Å². The molecule has 17 heavy (non-hydrogen) atoms. The molecule has 0 spiro atoms. The van der Waals surface area contributed by atoms with Crippen LogP contribution in [0.5, 0.6) is 0 Å². The third-order valence-electron chi connectivity index (χ3n) is 2.09. The number of methoxy groups -OCH3 is 1. The summed E-state index contributed by atoms with van der Waals surface area (Å²) >= 11 is 0. The predicted molar refractivity (Wildman–Crippen MR) is 53.3 cm³/mol. The van der Waals surface area contributed by atoms with Gasteiger partial charge in [0.15, 0.2) is 5.60 Å². The van der Waals surface area contributed by atoms with Crippen LogP contribution in [0.4, 0.5) is 13.2 Å². The molecule has 1 unspecified atom stereocenters. The number of carbonyl (C=O) groups excluding carboxylic acids is 1. The minimum Gasteiger partial charge on any atom is -0.466 e. The molecule has 0 saturated carbocycles. The molecule has 0 aliphatic heterocycles. The van der Waals surface area contributed by atoms with Gasteiger partial charge >= 0.3 is 12.1 Å². The van der Waals surface area contributed by atoms with Crippen molar-refractivity contribution in [3.63, 3.8) is 0 Å². The van der Waals surface area contributed by atoms with Crippen LogP contribution >= 0.6 is 0 Å². The Kier molecular flexibility index (Phi) is 5.63. The van der Waals surface area contributed by atoms with Crippen molar-refractivity contribution in [3.8, 4) is 0 Å². The Morgan fingerprint density at radius 2 is 1.94 bits per heavy atom.